The number of nitrogens with zero attached hydrogens (tertiary/aromatic N) is 4. The van der Waals surface area contributed by atoms with Crippen molar-refractivity contribution >= 4 is 34.0 Å². The van der Waals surface area contributed by atoms with Crippen LogP contribution in [0, 0.1) is 11.3 Å². The number of allylic oxidation sites excluding steroid dienone is 2. The molecule has 7 heteroatoms. The lowest BCUT2D eigenvalue weighted by atomic mass is 10.00. The maximum absolute atomic E-state index is 9.08. The Morgan fingerprint density at radius 3 is 2.83 bits per heavy atom. The zero-order valence-corrected chi connectivity index (χ0v) is 13.3. The van der Waals surface area contributed by atoms with Gasteiger partial charge in [-0.3, -0.25) is 4.99 Å². The normalized spacial score (nSPS) is 22.3. The van der Waals surface area contributed by atoms with E-state index >= 15 is 0 Å². The Kier molecular flexibility index (Phi) is 3.52. The van der Waals surface area contributed by atoms with Gasteiger partial charge < -0.3 is 0 Å². The van der Waals surface area contributed by atoms with Crippen LogP contribution >= 0.6 is 23.4 Å². The monoisotopic (exact) mass is 339 g/mol. The molecule has 2 atom stereocenters. The van der Waals surface area contributed by atoms with Crippen LogP contribution in [0.3, 0.4) is 0 Å². The lowest BCUT2D eigenvalue weighted by molar-refractivity contribution is 0.863. The lowest BCUT2D eigenvalue weighted by Gasteiger charge is -2.15. The second kappa shape index (κ2) is 5.69. The average Bonchev–Trinajstić information content (AvgIpc) is 3.21. The van der Waals surface area contributed by atoms with Gasteiger partial charge in [-0.25, -0.2) is 0 Å². The Hall–Kier alpha value is -2.36. The molecule has 0 bridgehead atoms. The summed E-state index contributed by atoms with van der Waals surface area (Å²) in [7, 11) is 0. The number of nitriles is 1. The standard InChI is InChI=1S/C16H10ClN5S/c17-11-4-1-9(2-5-11)16-19-12-6-3-10(7-14(12)23-16)15-13(8-18)20-22-21-15/h1-7,12,14H,(H,20,21,22). The molecule has 2 unspecified atom stereocenters. The van der Waals surface area contributed by atoms with Gasteiger partial charge in [-0.2, -0.15) is 15.6 Å². The van der Waals surface area contributed by atoms with E-state index in [1.165, 1.54) is 0 Å². The second-order valence-corrected chi connectivity index (χ2v) is 6.73. The number of halogens is 1. The minimum absolute atomic E-state index is 0.104. The molecule has 0 saturated carbocycles. The van der Waals surface area contributed by atoms with Crippen LogP contribution in [0.2, 0.25) is 5.02 Å². The molecule has 4 rings (SSSR count). The topological polar surface area (TPSA) is 77.7 Å². The number of hydrogen-bond donors (Lipinski definition) is 1. The van der Waals surface area contributed by atoms with Gasteiger partial charge >= 0.3 is 0 Å². The molecule has 0 saturated heterocycles. The number of aromatic nitrogens is 3. The molecule has 2 aromatic rings. The Morgan fingerprint density at radius 2 is 2.04 bits per heavy atom. The molecule has 0 amide bonds. The molecule has 0 spiro atoms. The SMILES string of the molecule is N#Cc1n[nH]nc1C1=CC2SC(c3ccc(Cl)cc3)=NC2C=C1. The highest BCUT2D eigenvalue weighted by Crippen LogP contribution is 2.37. The van der Waals surface area contributed by atoms with E-state index in [4.69, 9.17) is 21.9 Å². The third-order valence-electron chi connectivity index (χ3n) is 3.69. The molecule has 23 heavy (non-hydrogen) atoms. The van der Waals surface area contributed by atoms with Crippen LogP contribution in [0.25, 0.3) is 5.57 Å². The van der Waals surface area contributed by atoms with Crippen molar-refractivity contribution in [3.63, 3.8) is 0 Å². The average molecular weight is 340 g/mol. The molecule has 0 fully saturated rings. The van der Waals surface area contributed by atoms with E-state index in [-0.39, 0.29) is 11.3 Å². The number of aromatic amines is 1. The van der Waals surface area contributed by atoms with Crippen molar-refractivity contribution in [2.45, 2.75) is 11.3 Å². The van der Waals surface area contributed by atoms with Gasteiger partial charge in [-0.05, 0) is 12.1 Å². The van der Waals surface area contributed by atoms with E-state index in [0.29, 0.717) is 16.4 Å². The van der Waals surface area contributed by atoms with Gasteiger partial charge in [0, 0.05) is 16.2 Å². The largest absolute Gasteiger partial charge is 0.269 e. The van der Waals surface area contributed by atoms with Gasteiger partial charge in [-0.1, -0.05) is 53.7 Å². The van der Waals surface area contributed by atoms with Crippen LogP contribution in [0.1, 0.15) is 17.0 Å². The van der Waals surface area contributed by atoms with Crippen molar-refractivity contribution in [2.24, 2.45) is 4.99 Å². The highest BCUT2D eigenvalue weighted by Gasteiger charge is 2.30. The van der Waals surface area contributed by atoms with Crippen LogP contribution in [0.5, 0.6) is 0 Å². The van der Waals surface area contributed by atoms with Gasteiger partial charge in [0.05, 0.1) is 16.3 Å². The number of thioether (sulfide) groups is 1. The lowest BCUT2D eigenvalue weighted by Crippen LogP contribution is -2.15. The third kappa shape index (κ3) is 2.58. The summed E-state index contributed by atoms with van der Waals surface area (Å²) < 4.78 is 0. The Bertz CT molecular complexity index is 888. The number of hydrogen-bond acceptors (Lipinski definition) is 5. The van der Waals surface area contributed by atoms with Crippen LogP contribution in [0.15, 0.2) is 47.5 Å². The molecule has 112 valence electrons. The number of aliphatic imine (C=N–C) groups is 1. The fourth-order valence-corrected chi connectivity index (χ4v) is 3.91. The quantitative estimate of drug-likeness (QED) is 0.911. The van der Waals surface area contributed by atoms with E-state index in [1.54, 1.807) is 11.8 Å². The molecule has 1 N–H and O–H groups in total. The van der Waals surface area contributed by atoms with Gasteiger partial charge in [0.2, 0.25) is 0 Å². The molecule has 1 aliphatic carbocycles. The summed E-state index contributed by atoms with van der Waals surface area (Å²) in [5.74, 6) is 0. The minimum Gasteiger partial charge on any atom is -0.269 e. The minimum atomic E-state index is 0.104. The smallest absolute Gasteiger partial charge is 0.190 e. The molecule has 1 aromatic carbocycles. The predicted molar refractivity (Wildman–Crippen MR) is 91.4 cm³/mol. The Balaban J connectivity index is 1.61. The van der Waals surface area contributed by atoms with Gasteiger partial charge in [-0.15, -0.1) is 5.10 Å². The Labute approximate surface area is 141 Å². The first kappa shape index (κ1) is 14.2. The number of rotatable bonds is 2. The van der Waals surface area contributed by atoms with E-state index in [0.717, 1.165) is 16.2 Å². The predicted octanol–water partition coefficient (Wildman–Crippen LogP) is 3.21. The summed E-state index contributed by atoms with van der Waals surface area (Å²) in [6.45, 7) is 0. The maximum Gasteiger partial charge on any atom is 0.190 e. The Morgan fingerprint density at radius 1 is 1.22 bits per heavy atom. The maximum atomic E-state index is 9.08. The number of fused-ring (bicyclic) bond motifs is 1. The van der Waals surface area contributed by atoms with Crippen molar-refractivity contribution in [2.75, 3.05) is 0 Å². The van der Waals surface area contributed by atoms with Gasteiger partial charge in [0.15, 0.2) is 5.69 Å². The highest BCUT2D eigenvalue weighted by atomic mass is 35.5. The van der Waals surface area contributed by atoms with Gasteiger partial charge in [0.25, 0.3) is 0 Å². The number of nitrogens with one attached hydrogen (secondary N) is 1. The zero-order chi connectivity index (χ0) is 15.8. The van der Waals surface area contributed by atoms with Crippen molar-refractivity contribution in [1.29, 1.82) is 5.26 Å². The van der Waals surface area contributed by atoms with E-state index in [9.17, 15) is 0 Å². The zero-order valence-electron chi connectivity index (χ0n) is 11.8. The summed E-state index contributed by atoms with van der Waals surface area (Å²) in [6, 6.07) is 9.84. The van der Waals surface area contributed by atoms with Crippen molar-refractivity contribution in [1.82, 2.24) is 15.4 Å². The first-order chi connectivity index (χ1) is 11.2. The first-order valence-electron chi connectivity index (χ1n) is 6.96. The molecule has 0 radical (unpaired) electrons. The third-order valence-corrected chi connectivity index (χ3v) is 5.19. The van der Waals surface area contributed by atoms with Crippen molar-refractivity contribution in [3.8, 4) is 6.07 Å². The van der Waals surface area contributed by atoms with Crippen molar-refractivity contribution in [3.05, 3.63) is 64.5 Å². The molecule has 5 nitrogen and oxygen atoms in total. The van der Waals surface area contributed by atoms with E-state index in [1.807, 2.05) is 42.5 Å². The first-order valence-corrected chi connectivity index (χ1v) is 8.22. The van der Waals surface area contributed by atoms with Crippen LogP contribution < -0.4 is 0 Å². The fraction of sp³-hybridized carbons (Fsp3) is 0.125. The van der Waals surface area contributed by atoms with E-state index < -0.39 is 0 Å². The van der Waals surface area contributed by atoms with Gasteiger partial charge in [0.1, 0.15) is 11.8 Å². The molecule has 2 aliphatic rings. The van der Waals surface area contributed by atoms with E-state index in [2.05, 4.69) is 21.5 Å². The summed E-state index contributed by atoms with van der Waals surface area (Å²) in [5, 5.41) is 21.4. The summed E-state index contributed by atoms with van der Waals surface area (Å²) in [5.41, 5.74) is 2.86. The van der Waals surface area contributed by atoms with Crippen molar-refractivity contribution < 1.29 is 0 Å². The molecular weight excluding hydrogens is 330 g/mol. The summed E-state index contributed by atoms with van der Waals surface area (Å²) >= 11 is 7.64. The van der Waals surface area contributed by atoms with Crippen LogP contribution in [-0.4, -0.2) is 31.7 Å². The highest BCUT2D eigenvalue weighted by molar-refractivity contribution is 8.15. The molecule has 2 heterocycles. The summed E-state index contributed by atoms with van der Waals surface area (Å²) in [6.07, 6.45) is 6.10. The second-order valence-electron chi connectivity index (χ2n) is 5.13. The number of benzene rings is 1. The fourth-order valence-electron chi connectivity index (χ4n) is 2.56. The molecule has 1 aliphatic heterocycles. The molecular formula is C16H10ClN5S. The summed E-state index contributed by atoms with van der Waals surface area (Å²) in [4.78, 5) is 4.76. The van der Waals surface area contributed by atoms with Crippen LogP contribution in [-0.2, 0) is 0 Å². The molecule has 1 aromatic heterocycles. The number of H-pyrrole nitrogens is 1. The van der Waals surface area contributed by atoms with Crippen LogP contribution in [0.4, 0.5) is 0 Å².